The van der Waals surface area contributed by atoms with Crippen LogP contribution in [0.5, 0.6) is 0 Å². The summed E-state index contributed by atoms with van der Waals surface area (Å²) in [6, 6.07) is 17.5. The van der Waals surface area contributed by atoms with Crippen molar-refractivity contribution in [3.63, 3.8) is 0 Å². The maximum absolute atomic E-state index is 3.50. The average Bonchev–Trinajstić information content (AvgIpc) is 2.38. The number of fused-ring (bicyclic) bond motifs is 1. The maximum atomic E-state index is 3.50. The van der Waals surface area contributed by atoms with Gasteiger partial charge in [0.25, 0.3) is 0 Å². The standard InChI is InChI=1S/C16H16BrN/c1-18-10-13-4-2-3-5-15(13)16(11-18)12-6-8-14(17)9-7-12/h2-9,16H,10-11H2,1H3. The number of nitrogens with zero attached hydrogens (tertiary/aromatic N) is 1. The molecule has 0 aliphatic carbocycles. The van der Waals surface area contributed by atoms with Crippen molar-refractivity contribution in [1.29, 1.82) is 0 Å². The van der Waals surface area contributed by atoms with E-state index in [0.717, 1.165) is 17.6 Å². The van der Waals surface area contributed by atoms with Crippen molar-refractivity contribution in [3.05, 3.63) is 69.7 Å². The van der Waals surface area contributed by atoms with E-state index in [1.54, 1.807) is 0 Å². The molecule has 1 unspecified atom stereocenters. The molecule has 0 amide bonds. The summed E-state index contributed by atoms with van der Waals surface area (Å²) < 4.78 is 1.14. The third-order valence-electron chi connectivity index (χ3n) is 3.64. The number of likely N-dealkylation sites (N-methyl/N-ethyl adjacent to an activating group) is 1. The summed E-state index contributed by atoms with van der Waals surface area (Å²) in [5.74, 6) is 0.494. The van der Waals surface area contributed by atoms with Crippen LogP contribution in [0.15, 0.2) is 53.0 Å². The first kappa shape index (κ1) is 11.9. The number of benzene rings is 2. The highest BCUT2D eigenvalue weighted by molar-refractivity contribution is 9.10. The fraction of sp³-hybridized carbons (Fsp3) is 0.250. The Bertz CT molecular complexity index is 547. The Hall–Kier alpha value is -1.12. The zero-order chi connectivity index (χ0) is 12.5. The Morgan fingerprint density at radius 2 is 1.78 bits per heavy atom. The van der Waals surface area contributed by atoms with Gasteiger partial charge in [-0.25, -0.2) is 0 Å². The molecule has 0 bridgehead atoms. The topological polar surface area (TPSA) is 3.24 Å². The zero-order valence-electron chi connectivity index (χ0n) is 10.4. The lowest BCUT2D eigenvalue weighted by Gasteiger charge is -2.32. The Morgan fingerprint density at radius 1 is 1.06 bits per heavy atom. The molecule has 0 saturated heterocycles. The van der Waals surface area contributed by atoms with E-state index in [1.165, 1.54) is 16.7 Å². The van der Waals surface area contributed by atoms with Gasteiger partial charge in [-0.1, -0.05) is 52.3 Å². The van der Waals surface area contributed by atoms with Crippen molar-refractivity contribution in [2.75, 3.05) is 13.6 Å². The SMILES string of the molecule is CN1Cc2ccccc2C(c2ccc(Br)cc2)C1. The van der Waals surface area contributed by atoms with Crippen LogP contribution in [0.25, 0.3) is 0 Å². The van der Waals surface area contributed by atoms with E-state index in [1.807, 2.05) is 0 Å². The summed E-state index contributed by atoms with van der Waals surface area (Å²) >= 11 is 3.50. The molecule has 0 radical (unpaired) electrons. The first-order valence-electron chi connectivity index (χ1n) is 6.26. The van der Waals surface area contributed by atoms with E-state index in [4.69, 9.17) is 0 Å². The van der Waals surface area contributed by atoms with E-state index in [0.29, 0.717) is 5.92 Å². The minimum atomic E-state index is 0.494. The molecule has 0 N–H and O–H groups in total. The van der Waals surface area contributed by atoms with Crippen molar-refractivity contribution in [1.82, 2.24) is 4.90 Å². The zero-order valence-corrected chi connectivity index (χ0v) is 12.0. The van der Waals surface area contributed by atoms with Gasteiger partial charge < -0.3 is 4.90 Å². The number of rotatable bonds is 1. The Kier molecular flexibility index (Phi) is 3.23. The Balaban J connectivity index is 2.04. The smallest absolute Gasteiger partial charge is 0.0234 e. The molecular weight excluding hydrogens is 286 g/mol. The summed E-state index contributed by atoms with van der Waals surface area (Å²) in [4.78, 5) is 2.40. The monoisotopic (exact) mass is 301 g/mol. The summed E-state index contributed by atoms with van der Waals surface area (Å²) in [6.45, 7) is 2.15. The van der Waals surface area contributed by atoms with E-state index in [2.05, 4.69) is 76.4 Å². The van der Waals surface area contributed by atoms with Crippen LogP contribution in [0, 0.1) is 0 Å². The van der Waals surface area contributed by atoms with Crippen LogP contribution >= 0.6 is 15.9 Å². The third-order valence-corrected chi connectivity index (χ3v) is 4.17. The van der Waals surface area contributed by atoms with Crippen LogP contribution in [0.2, 0.25) is 0 Å². The van der Waals surface area contributed by atoms with Crippen LogP contribution in [-0.4, -0.2) is 18.5 Å². The predicted molar refractivity (Wildman–Crippen MR) is 78.8 cm³/mol. The molecule has 1 nitrogen and oxygen atoms in total. The van der Waals surface area contributed by atoms with Gasteiger partial charge >= 0.3 is 0 Å². The van der Waals surface area contributed by atoms with Crippen molar-refractivity contribution in [2.45, 2.75) is 12.5 Å². The molecule has 1 aliphatic rings. The normalized spacial score (nSPS) is 19.6. The second-order valence-corrected chi connectivity index (χ2v) is 5.92. The number of hydrogen-bond donors (Lipinski definition) is 0. The van der Waals surface area contributed by atoms with Crippen LogP contribution in [0.4, 0.5) is 0 Å². The lowest BCUT2D eigenvalue weighted by molar-refractivity contribution is 0.295. The van der Waals surface area contributed by atoms with Crippen molar-refractivity contribution < 1.29 is 0 Å². The lowest BCUT2D eigenvalue weighted by atomic mass is 9.85. The largest absolute Gasteiger partial charge is 0.301 e. The molecule has 2 aromatic rings. The third kappa shape index (κ3) is 2.23. The maximum Gasteiger partial charge on any atom is 0.0234 e. The van der Waals surface area contributed by atoms with Crippen molar-refractivity contribution >= 4 is 15.9 Å². The highest BCUT2D eigenvalue weighted by Gasteiger charge is 2.23. The fourth-order valence-electron chi connectivity index (χ4n) is 2.76. The Morgan fingerprint density at radius 3 is 2.56 bits per heavy atom. The average molecular weight is 302 g/mol. The predicted octanol–water partition coefficient (Wildman–Crippen LogP) is 4.03. The van der Waals surface area contributed by atoms with Gasteiger partial charge in [-0.15, -0.1) is 0 Å². The molecule has 2 aromatic carbocycles. The van der Waals surface area contributed by atoms with Crippen LogP contribution in [-0.2, 0) is 6.54 Å². The van der Waals surface area contributed by atoms with Gasteiger partial charge in [-0.3, -0.25) is 0 Å². The van der Waals surface area contributed by atoms with Gasteiger partial charge in [-0.2, -0.15) is 0 Å². The molecule has 3 rings (SSSR count). The molecule has 18 heavy (non-hydrogen) atoms. The second kappa shape index (κ2) is 4.87. The minimum absolute atomic E-state index is 0.494. The minimum Gasteiger partial charge on any atom is -0.301 e. The molecule has 1 heterocycles. The molecule has 1 aliphatic heterocycles. The summed E-state index contributed by atoms with van der Waals surface area (Å²) in [5, 5.41) is 0. The summed E-state index contributed by atoms with van der Waals surface area (Å²) in [6.07, 6.45) is 0. The van der Waals surface area contributed by atoms with Gasteiger partial charge in [0.05, 0.1) is 0 Å². The molecule has 92 valence electrons. The van der Waals surface area contributed by atoms with E-state index < -0.39 is 0 Å². The van der Waals surface area contributed by atoms with Crippen LogP contribution in [0.1, 0.15) is 22.6 Å². The van der Waals surface area contributed by atoms with Gasteiger partial charge in [-0.05, 0) is 35.9 Å². The molecule has 2 heteroatoms. The van der Waals surface area contributed by atoms with E-state index in [-0.39, 0.29) is 0 Å². The van der Waals surface area contributed by atoms with Gasteiger partial charge in [0.2, 0.25) is 0 Å². The van der Waals surface area contributed by atoms with E-state index in [9.17, 15) is 0 Å². The van der Waals surface area contributed by atoms with Gasteiger partial charge in [0.15, 0.2) is 0 Å². The highest BCUT2D eigenvalue weighted by atomic mass is 79.9. The number of halogens is 1. The van der Waals surface area contributed by atoms with Gasteiger partial charge in [0.1, 0.15) is 0 Å². The second-order valence-electron chi connectivity index (χ2n) is 5.00. The molecule has 0 spiro atoms. The fourth-order valence-corrected chi connectivity index (χ4v) is 3.03. The van der Waals surface area contributed by atoms with E-state index >= 15 is 0 Å². The summed E-state index contributed by atoms with van der Waals surface area (Å²) in [7, 11) is 2.20. The van der Waals surface area contributed by atoms with Gasteiger partial charge in [0, 0.05) is 23.5 Å². The summed E-state index contributed by atoms with van der Waals surface area (Å²) in [5.41, 5.74) is 4.34. The first-order valence-corrected chi connectivity index (χ1v) is 7.05. The highest BCUT2D eigenvalue weighted by Crippen LogP contribution is 2.33. The molecule has 1 atom stereocenters. The van der Waals surface area contributed by atoms with Crippen molar-refractivity contribution in [2.24, 2.45) is 0 Å². The quantitative estimate of drug-likeness (QED) is 0.769. The first-order chi connectivity index (χ1) is 8.74. The molecule has 0 aromatic heterocycles. The molecule has 0 fully saturated rings. The molecular formula is C16H16BrN. The Labute approximate surface area is 117 Å². The number of hydrogen-bond acceptors (Lipinski definition) is 1. The lowest BCUT2D eigenvalue weighted by Crippen LogP contribution is -2.30. The molecule has 0 saturated carbocycles. The van der Waals surface area contributed by atoms with Crippen molar-refractivity contribution in [3.8, 4) is 0 Å². The van der Waals surface area contributed by atoms with Crippen LogP contribution < -0.4 is 0 Å². The van der Waals surface area contributed by atoms with Crippen LogP contribution in [0.3, 0.4) is 0 Å².